The van der Waals surface area contributed by atoms with E-state index in [1.165, 1.54) is 0 Å². The number of anilines is 1. The van der Waals surface area contributed by atoms with Gasteiger partial charge in [0.05, 0.1) is 5.56 Å². The molecule has 2 N–H and O–H groups in total. The van der Waals surface area contributed by atoms with Crippen molar-refractivity contribution in [3.05, 3.63) is 47.7 Å². The number of para-hydroxylation sites is 1. The molecule has 1 aromatic heterocycles. The van der Waals surface area contributed by atoms with Crippen LogP contribution in [0.25, 0.3) is 0 Å². The van der Waals surface area contributed by atoms with Crippen LogP contribution in [0.1, 0.15) is 22.1 Å². The van der Waals surface area contributed by atoms with Gasteiger partial charge in [0.15, 0.2) is 11.5 Å². The standard InChI is InChI=1S/C14H11N3O3/c18-14-9-4-2-6-15-12(9)16-13(17-14)8-3-1-5-10-11(8)20-7-19-10/h1-6,13H,7H2,(H,15,16)(H,17,18)/t13-/m0/s1. The number of hydrogen-bond acceptors (Lipinski definition) is 5. The largest absolute Gasteiger partial charge is 0.454 e. The molecule has 0 unspecified atom stereocenters. The highest BCUT2D eigenvalue weighted by Gasteiger charge is 2.29. The summed E-state index contributed by atoms with van der Waals surface area (Å²) in [5.41, 5.74) is 1.36. The van der Waals surface area contributed by atoms with E-state index in [1.54, 1.807) is 18.3 Å². The second kappa shape index (κ2) is 4.12. The molecule has 2 aromatic rings. The molecule has 3 heterocycles. The Morgan fingerprint density at radius 1 is 1.15 bits per heavy atom. The lowest BCUT2D eigenvalue weighted by Crippen LogP contribution is -2.39. The summed E-state index contributed by atoms with van der Waals surface area (Å²) >= 11 is 0. The zero-order chi connectivity index (χ0) is 13.5. The van der Waals surface area contributed by atoms with Gasteiger partial charge >= 0.3 is 0 Å². The van der Waals surface area contributed by atoms with Gasteiger partial charge in [0.25, 0.3) is 5.91 Å². The second-order valence-corrected chi connectivity index (χ2v) is 4.53. The molecule has 0 spiro atoms. The number of ether oxygens (including phenoxy) is 2. The average molecular weight is 269 g/mol. The minimum Gasteiger partial charge on any atom is -0.454 e. The Morgan fingerprint density at radius 2 is 2.10 bits per heavy atom. The van der Waals surface area contributed by atoms with E-state index >= 15 is 0 Å². The van der Waals surface area contributed by atoms with Gasteiger partial charge in [0.1, 0.15) is 12.0 Å². The fourth-order valence-corrected chi connectivity index (χ4v) is 2.42. The Balaban J connectivity index is 1.76. The molecule has 2 aliphatic heterocycles. The fourth-order valence-electron chi connectivity index (χ4n) is 2.42. The number of rotatable bonds is 1. The summed E-state index contributed by atoms with van der Waals surface area (Å²) in [5.74, 6) is 1.75. The average Bonchev–Trinajstić information content (AvgIpc) is 2.95. The van der Waals surface area contributed by atoms with Crippen LogP contribution in [0.5, 0.6) is 11.5 Å². The van der Waals surface area contributed by atoms with Crippen molar-refractivity contribution in [2.45, 2.75) is 6.17 Å². The molecule has 6 heteroatoms. The number of amides is 1. The lowest BCUT2D eigenvalue weighted by atomic mass is 10.1. The van der Waals surface area contributed by atoms with Crippen LogP contribution in [-0.4, -0.2) is 17.7 Å². The minimum absolute atomic E-state index is 0.159. The number of aromatic nitrogens is 1. The third kappa shape index (κ3) is 1.58. The van der Waals surface area contributed by atoms with Crippen molar-refractivity contribution in [2.24, 2.45) is 0 Å². The molecule has 0 saturated carbocycles. The van der Waals surface area contributed by atoms with Crippen LogP contribution in [0.4, 0.5) is 5.82 Å². The first-order valence-electron chi connectivity index (χ1n) is 6.24. The summed E-state index contributed by atoms with van der Waals surface area (Å²) in [4.78, 5) is 16.3. The predicted molar refractivity (Wildman–Crippen MR) is 70.6 cm³/mol. The van der Waals surface area contributed by atoms with Gasteiger partial charge in [0.2, 0.25) is 6.79 Å². The van der Waals surface area contributed by atoms with Crippen LogP contribution >= 0.6 is 0 Å². The van der Waals surface area contributed by atoms with E-state index in [1.807, 2.05) is 18.2 Å². The Kier molecular flexibility index (Phi) is 2.29. The molecule has 0 bridgehead atoms. The number of carbonyl (C=O) groups excluding carboxylic acids is 1. The Hall–Kier alpha value is -2.76. The molecule has 6 nitrogen and oxygen atoms in total. The highest BCUT2D eigenvalue weighted by molar-refractivity contribution is 6.00. The number of nitrogens with one attached hydrogen (secondary N) is 2. The summed E-state index contributed by atoms with van der Waals surface area (Å²) in [6, 6.07) is 9.06. The van der Waals surface area contributed by atoms with E-state index in [-0.39, 0.29) is 18.9 Å². The molecule has 1 atom stereocenters. The zero-order valence-corrected chi connectivity index (χ0v) is 10.4. The maximum atomic E-state index is 12.1. The molecule has 1 aromatic carbocycles. The molecule has 2 aliphatic rings. The Morgan fingerprint density at radius 3 is 3.05 bits per heavy atom. The first-order chi connectivity index (χ1) is 9.83. The van der Waals surface area contributed by atoms with Crippen LogP contribution < -0.4 is 20.1 Å². The van der Waals surface area contributed by atoms with Crippen molar-refractivity contribution < 1.29 is 14.3 Å². The third-order valence-electron chi connectivity index (χ3n) is 3.35. The molecule has 20 heavy (non-hydrogen) atoms. The molecular formula is C14H11N3O3. The third-order valence-corrected chi connectivity index (χ3v) is 3.35. The zero-order valence-electron chi connectivity index (χ0n) is 10.4. The lowest BCUT2D eigenvalue weighted by Gasteiger charge is -2.27. The van der Waals surface area contributed by atoms with E-state index in [0.717, 1.165) is 5.56 Å². The molecule has 0 saturated heterocycles. The van der Waals surface area contributed by atoms with Crippen LogP contribution in [0.3, 0.4) is 0 Å². The van der Waals surface area contributed by atoms with Crippen molar-refractivity contribution in [1.82, 2.24) is 10.3 Å². The van der Waals surface area contributed by atoms with Gasteiger partial charge in [-0.25, -0.2) is 4.98 Å². The molecular weight excluding hydrogens is 258 g/mol. The van der Waals surface area contributed by atoms with E-state index in [4.69, 9.17) is 9.47 Å². The van der Waals surface area contributed by atoms with Crippen LogP contribution in [-0.2, 0) is 0 Å². The maximum Gasteiger partial charge on any atom is 0.256 e. The van der Waals surface area contributed by atoms with Crippen molar-refractivity contribution in [2.75, 3.05) is 12.1 Å². The highest BCUT2D eigenvalue weighted by Crippen LogP contribution is 2.39. The summed E-state index contributed by atoms with van der Waals surface area (Å²) in [6.45, 7) is 0.196. The van der Waals surface area contributed by atoms with Gasteiger partial charge in [-0.05, 0) is 18.2 Å². The number of nitrogens with zero attached hydrogens (tertiary/aromatic N) is 1. The smallest absolute Gasteiger partial charge is 0.256 e. The normalized spacial score (nSPS) is 19.0. The summed E-state index contributed by atoms with van der Waals surface area (Å²) in [7, 11) is 0. The van der Waals surface area contributed by atoms with Gasteiger partial charge < -0.3 is 20.1 Å². The maximum absolute atomic E-state index is 12.1. The number of fused-ring (bicyclic) bond motifs is 2. The highest BCUT2D eigenvalue weighted by atomic mass is 16.7. The first kappa shape index (κ1) is 11.1. The Bertz CT molecular complexity index is 702. The number of hydrogen-bond donors (Lipinski definition) is 2. The topological polar surface area (TPSA) is 72.5 Å². The van der Waals surface area contributed by atoms with Gasteiger partial charge in [-0.3, -0.25) is 4.79 Å². The molecule has 0 radical (unpaired) electrons. The van der Waals surface area contributed by atoms with Crippen molar-refractivity contribution in [3.8, 4) is 11.5 Å². The van der Waals surface area contributed by atoms with E-state index in [9.17, 15) is 4.79 Å². The quantitative estimate of drug-likeness (QED) is 0.823. The molecule has 1 amide bonds. The predicted octanol–water partition coefficient (Wildman–Crippen LogP) is 1.66. The lowest BCUT2D eigenvalue weighted by molar-refractivity contribution is 0.0934. The first-order valence-corrected chi connectivity index (χ1v) is 6.24. The molecule has 100 valence electrons. The fraction of sp³-hybridized carbons (Fsp3) is 0.143. The second-order valence-electron chi connectivity index (χ2n) is 4.53. The van der Waals surface area contributed by atoms with Crippen molar-refractivity contribution in [3.63, 3.8) is 0 Å². The van der Waals surface area contributed by atoms with E-state index < -0.39 is 0 Å². The van der Waals surface area contributed by atoms with Crippen molar-refractivity contribution in [1.29, 1.82) is 0 Å². The summed E-state index contributed by atoms with van der Waals surface area (Å²) < 4.78 is 10.8. The number of pyridine rings is 1. The molecule has 4 rings (SSSR count). The molecule has 0 fully saturated rings. The number of carbonyl (C=O) groups is 1. The summed E-state index contributed by atoms with van der Waals surface area (Å²) in [6.07, 6.45) is 1.26. The molecule has 0 aliphatic carbocycles. The van der Waals surface area contributed by atoms with Crippen LogP contribution in [0.15, 0.2) is 36.5 Å². The Labute approximate surface area is 114 Å². The van der Waals surface area contributed by atoms with E-state index in [2.05, 4.69) is 15.6 Å². The van der Waals surface area contributed by atoms with Gasteiger partial charge in [-0.2, -0.15) is 0 Å². The van der Waals surface area contributed by atoms with E-state index in [0.29, 0.717) is 22.9 Å². The monoisotopic (exact) mass is 269 g/mol. The SMILES string of the molecule is O=C1N[C@@H](c2cccc3c2OCO3)Nc2ncccc21. The van der Waals surface area contributed by atoms with Gasteiger partial charge in [0, 0.05) is 11.8 Å². The number of benzene rings is 1. The van der Waals surface area contributed by atoms with Crippen LogP contribution in [0.2, 0.25) is 0 Å². The van der Waals surface area contributed by atoms with Crippen molar-refractivity contribution >= 4 is 11.7 Å². The summed E-state index contributed by atoms with van der Waals surface area (Å²) in [5, 5.41) is 6.09. The minimum atomic E-state index is -0.387. The van der Waals surface area contributed by atoms with Gasteiger partial charge in [-0.1, -0.05) is 12.1 Å². The van der Waals surface area contributed by atoms with Crippen LogP contribution in [0, 0.1) is 0 Å². The van der Waals surface area contributed by atoms with Gasteiger partial charge in [-0.15, -0.1) is 0 Å².